The van der Waals surface area contributed by atoms with E-state index in [2.05, 4.69) is 14.9 Å². The molecule has 0 aliphatic carbocycles. The van der Waals surface area contributed by atoms with Crippen LogP contribution in [0.1, 0.15) is 35.8 Å². The fourth-order valence-corrected chi connectivity index (χ4v) is 2.09. The predicted octanol–water partition coefficient (Wildman–Crippen LogP) is 1.14. The van der Waals surface area contributed by atoms with Gasteiger partial charge in [0.15, 0.2) is 0 Å². The molecule has 1 aliphatic rings. The number of carbonyl (C=O) groups excluding carboxylic acids is 1. The first-order chi connectivity index (χ1) is 8.63. The third-order valence-corrected chi connectivity index (χ3v) is 2.97. The Morgan fingerprint density at radius 1 is 1.39 bits per heavy atom. The van der Waals surface area contributed by atoms with Gasteiger partial charge in [-0.25, -0.2) is 9.78 Å². The van der Waals surface area contributed by atoms with Crippen molar-refractivity contribution < 1.29 is 9.53 Å². The number of nitrogen functional groups attached to an aromatic ring is 1. The van der Waals surface area contributed by atoms with E-state index in [0.29, 0.717) is 18.2 Å². The number of nitrogens with zero attached hydrogens (tertiary/aromatic N) is 3. The minimum Gasteiger partial charge on any atom is -0.462 e. The fourth-order valence-electron chi connectivity index (χ4n) is 2.09. The highest BCUT2D eigenvalue weighted by molar-refractivity contribution is 5.95. The molecular formula is C12H18N4O2. The molecule has 0 bridgehead atoms. The van der Waals surface area contributed by atoms with Crippen LogP contribution in [0.25, 0.3) is 0 Å². The van der Waals surface area contributed by atoms with Crippen LogP contribution in [0.4, 0.5) is 11.8 Å². The van der Waals surface area contributed by atoms with Gasteiger partial charge in [-0.15, -0.1) is 0 Å². The second-order valence-corrected chi connectivity index (χ2v) is 4.28. The number of hydrogen-bond acceptors (Lipinski definition) is 6. The van der Waals surface area contributed by atoms with Gasteiger partial charge in [0.05, 0.1) is 12.3 Å². The van der Waals surface area contributed by atoms with E-state index in [9.17, 15) is 4.79 Å². The maximum absolute atomic E-state index is 11.7. The molecule has 0 spiro atoms. The molecular weight excluding hydrogens is 232 g/mol. The Labute approximate surface area is 106 Å². The van der Waals surface area contributed by atoms with Gasteiger partial charge in [-0.2, -0.15) is 4.98 Å². The highest BCUT2D eigenvalue weighted by Crippen LogP contribution is 2.21. The summed E-state index contributed by atoms with van der Waals surface area (Å²) in [4.78, 5) is 22.4. The largest absolute Gasteiger partial charge is 0.462 e. The zero-order valence-electron chi connectivity index (χ0n) is 10.8. The number of aromatic nitrogens is 2. The number of nitrogens with two attached hydrogens (primary N) is 1. The second kappa shape index (κ2) is 5.20. The van der Waals surface area contributed by atoms with E-state index in [1.807, 2.05) is 0 Å². The van der Waals surface area contributed by atoms with E-state index in [1.54, 1.807) is 13.8 Å². The molecule has 0 aromatic carbocycles. The van der Waals surface area contributed by atoms with Crippen LogP contribution in [0, 0.1) is 6.92 Å². The Kier molecular flexibility index (Phi) is 3.64. The predicted molar refractivity (Wildman–Crippen MR) is 68.6 cm³/mol. The summed E-state index contributed by atoms with van der Waals surface area (Å²) in [6.45, 7) is 5.70. The molecule has 1 saturated heterocycles. The van der Waals surface area contributed by atoms with Crippen LogP contribution in [0.3, 0.4) is 0 Å². The summed E-state index contributed by atoms with van der Waals surface area (Å²) in [5.41, 5.74) is 6.69. The molecule has 2 N–H and O–H groups in total. The van der Waals surface area contributed by atoms with Gasteiger partial charge in [0, 0.05) is 13.1 Å². The topological polar surface area (TPSA) is 81.3 Å². The van der Waals surface area contributed by atoms with Gasteiger partial charge in [0.1, 0.15) is 11.4 Å². The van der Waals surface area contributed by atoms with Gasteiger partial charge in [0.2, 0.25) is 5.95 Å². The van der Waals surface area contributed by atoms with E-state index >= 15 is 0 Å². The average molecular weight is 250 g/mol. The van der Waals surface area contributed by atoms with E-state index in [-0.39, 0.29) is 11.4 Å². The molecule has 6 heteroatoms. The molecule has 0 radical (unpaired) electrons. The summed E-state index contributed by atoms with van der Waals surface area (Å²) in [6.07, 6.45) is 2.28. The number of esters is 1. The van der Waals surface area contributed by atoms with E-state index in [1.165, 1.54) is 0 Å². The van der Waals surface area contributed by atoms with Crippen LogP contribution in [0.2, 0.25) is 0 Å². The van der Waals surface area contributed by atoms with Crippen molar-refractivity contribution in [3.8, 4) is 0 Å². The maximum Gasteiger partial charge on any atom is 0.343 e. The fraction of sp³-hybridized carbons (Fsp3) is 0.583. The summed E-state index contributed by atoms with van der Waals surface area (Å²) < 4.78 is 4.94. The minimum atomic E-state index is -0.458. The Bertz CT molecular complexity index is 432. The van der Waals surface area contributed by atoms with Crippen LogP contribution in [0.15, 0.2) is 0 Å². The van der Waals surface area contributed by atoms with Crippen molar-refractivity contribution in [2.75, 3.05) is 30.3 Å². The average Bonchev–Trinajstić information content (AvgIpc) is 2.81. The van der Waals surface area contributed by atoms with Crippen LogP contribution >= 0.6 is 0 Å². The van der Waals surface area contributed by atoms with E-state index in [0.717, 1.165) is 25.9 Å². The first-order valence-corrected chi connectivity index (χ1v) is 6.19. The number of carbonyl (C=O) groups is 1. The lowest BCUT2D eigenvalue weighted by Gasteiger charge is -2.17. The van der Waals surface area contributed by atoms with Crippen molar-refractivity contribution in [2.45, 2.75) is 26.7 Å². The summed E-state index contributed by atoms with van der Waals surface area (Å²) in [5.74, 6) is 0.346. The first kappa shape index (κ1) is 12.6. The number of hydrogen-bond donors (Lipinski definition) is 1. The smallest absolute Gasteiger partial charge is 0.343 e. The molecule has 2 rings (SSSR count). The Balaban J connectivity index is 2.31. The van der Waals surface area contributed by atoms with Crippen molar-refractivity contribution in [2.24, 2.45) is 0 Å². The molecule has 1 fully saturated rings. The molecule has 18 heavy (non-hydrogen) atoms. The zero-order chi connectivity index (χ0) is 13.1. The molecule has 2 heterocycles. The van der Waals surface area contributed by atoms with Gasteiger partial charge in [-0.05, 0) is 26.7 Å². The lowest BCUT2D eigenvalue weighted by Crippen LogP contribution is -2.23. The standard InChI is InChI=1S/C12H18N4O2/c1-3-18-11(17)9-8(2)14-12(15-10(9)13)16-6-4-5-7-16/h3-7H2,1-2H3,(H2,13,14,15). The number of anilines is 2. The maximum atomic E-state index is 11.7. The summed E-state index contributed by atoms with van der Waals surface area (Å²) >= 11 is 0. The zero-order valence-corrected chi connectivity index (χ0v) is 10.8. The number of rotatable bonds is 3. The van der Waals surface area contributed by atoms with Gasteiger partial charge < -0.3 is 15.4 Å². The molecule has 1 aromatic heterocycles. The quantitative estimate of drug-likeness (QED) is 0.810. The van der Waals surface area contributed by atoms with Crippen LogP contribution in [0.5, 0.6) is 0 Å². The molecule has 0 atom stereocenters. The second-order valence-electron chi connectivity index (χ2n) is 4.28. The van der Waals surface area contributed by atoms with Gasteiger partial charge in [-0.1, -0.05) is 0 Å². The van der Waals surface area contributed by atoms with Crippen molar-refractivity contribution in [3.05, 3.63) is 11.3 Å². The lowest BCUT2D eigenvalue weighted by atomic mass is 10.2. The lowest BCUT2D eigenvalue weighted by molar-refractivity contribution is 0.0526. The molecule has 6 nitrogen and oxygen atoms in total. The van der Waals surface area contributed by atoms with E-state index < -0.39 is 5.97 Å². The molecule has 98 valence electrons. The van der Waals surface area contributed by atoms with Crippen molar-refractivity contribution in [1.82, 2.24) is 9.97 Å². The Morgan fingerprint density at radius 2 is 2.06 bits per heavy atom. The van der Waals surface area contributed by atoms with Crippen LogP contribution in [-0.4, -0.2) is 35.6 Å². The van der Waals surface area contributed by atoms with Crippen LogP contribution in [-0.2, 0) is 4.74 Å². The molecule has 1 aliphatic heterocycles. The Morgan fingerprint density at radius 3 is 2.61 bits per heavy atom. The summed E-state index contributed by atoms with van der Waals surface area (Å²) in [7, 11) is 0. The molecule has 1 aromatic rings. The summed E-state index contributed by atoms with van der Waals surface area (Å²) in [6, 6.07) is 0. The first-order valence-electron chi connectivity index (χ1n) is 6.19. The number of ether oxygens (including phenoxy) is 1. The molecule has 0 amide bonds. The number of aryl methyl sites for hydroxylation is 1. The van der Waals surface area contributed by atoms with Gasteiger partial charge in [-0.3, -0.25) is 0 Å². The highest BCUT2D eigenvalue weighted by Gasteiger charge is 2.21. The molecule has 0 unspecified atom stereocenters. The third-order valence-electron chi connectivity index (χ3n) is 2.97. The molecule has 0 saturated carbocycles. The Hall–Kier alpha value is -1.85. The van der Waals surface area contributed by atoms with Crippen molar-refractivity contribution in [1.29, 1.82) is 0 Å². The monoisotopic (exact) mass is 250 g/mol. The van der Waals surface area contributed by atoms with Crippen molar-refractivity contribution >= 4 is 17.7 Å². The summed E-state index contributed by atoms with van der Waals surface area (Å²) in [5, 5.41) is 0. The van der Waals surface area contributed by atoms with Gasteiger partial charge in [0.25, 0.3) is 0 Å². The third kappa shape index (κ3) is 2.37. The van der Waals surface area contributed by atoms with Crippen molar-refractivity contribution in [3.63, 3.8) is 0 Å². The highest BCUT2D eigenvalue weighted by atomic mass is 16.5. The normalized spacial score (nSPS) is 14.9. The SMILES string of the molecule is CCOC(=O)c1c(C)nc(N2CCCC2)nc1N. The van der Waals surface area contributed by atoms with Gasteiger partial charge >= 0.3 is 5.97 Å². The van der Waals surface area contributed by atoms with E-state index in [4.69, 9.17) is 10.5 Å². The minimum absolute atomic E-state index is 0.197. The van der Waals surface area contributed by atoms with Crippen LogP contribution < -0.4 is 10.6 Å².